The van der Waals surface area contributed by atoms with E-state index in [1.165, 1.54) is 0 Å². The molecule has 0 aliphatic carbocycles. The lowest BCUT2D eigenvalue weighted by molar-refractivity contribution is 0.352. The zero-order chi connectivity index (χ0) is 9.00. The number of hydrogen-bond acceptors (Lipinski definition) is 7. The van der Waals surface area contributed by atoms with Crippen molar-refractivity contribution in [1.29, 1.82) is 0 Å². The lowest BCUT2D eigenvalue weighted by Crippen LogP contribution is -1.91. The Labute approximate surface area is 76.4 Å². The first-order chi connectivity index (χ1) is 4.00. The molecule has 0 aliphatic heterocycles. The molecule has 0 heterocycles. The van der Waals surface area contributed by atoms with Crippen molar-refractivity contribution in [3.05, 3.63) is 0 Å². The molecule has 0 radical (unpaired) electrons. The van der Waals surface area contributed by atoms with Crippen LogP contribution in [0.2, 0.25) is 0 Å². The van der Waals surface area contributed by atoms with E-state index in [0.29, 0.717) is 6.26 Å². The molecule has 0 bridgehead atoms. The third-order valence-corrected chi connectivity index (χ3v) is 0. The van der Waals surface area contributed by atoms with Crippen LogP contribution in [0.5, 0.6) is 0 Å². The Kier molecular flexibility index (Phi) is 22.0. The molecule has 88 valence electrons. The summed E-state index contributed by atoms with van der Waals surface area (Å²) in [7, 11) is -9.08. The highest BCUT2D eigenvalue weighted by Gasteiger charge is 1.65. The predicted molar refractivity (Wildman–Crippen MR) is 44.1 cm³/mol. The summed E-state index contributed by atoms with van der Waals surface area (Å²) in [5, 5.41) is 0. The average molecular weight is 245 g/mol. The van der Waals surface area contributed by atoms with Gasteiger partial charge in [-0.25, -0.2) is 8.42 Å². The molecule has 10 nitrogen and oxygen atoms in total. The summed E-state index contributed by atoms with van der Waals surface area (Å²) < 4.78 is 61.3. The van der Waals surface area contributed by atoms with Crippen molar-refractivity contribution in [1.82, 2.24) is 18.5 Å². The van der Waals surface area contributed by atoms with Gasteiger partial charge < -0.3 is 32.1 Å². The topological polar surface area (TPSA) is 247 Å². The molecule has 0 fully saturated rings. The second-order valence-electron chi connectivity index (χ2n) is 1.11. The first-order valence-corrected chi connectivity index (χ1v) is 4.72. The summed E-state index contributed by atoms with van der Waals surface area (Å²) in [4.78, 5) is 0. The fourth-order valence-electron chi connectivity index (χ4n) is 0. The Morgan fingerprint density at radius 1 is 0.769 bits per heavy atom. The van der Waals surface area contributed by atoms with E-state index in [1.54, 1.807) is 0 Å². The first-order valence-electron chi connectivity index (χ1n) is 1.57. The molecule has 0 atom stereocenters. The minimum atomic E-state index is -5.17. The van der Waals surface area contributed by atoms with Gasteiger partial charge in [-0.2, -0.15) is 0 Å². The van der Waals surface area contributed by atoms with E-state index >= 15 is 0 Å². The molecule has 0 aromatic rings. The second kappa shape index (κ2) is 9.75. The van der Waals surface area contributed by atoms with Crippen molar-refractivity contribution < 1.29 is 30.5 Å². The monoisotopic (exact) mass is 245 g/mol. The quantitative estimate of drug-likeness (QED) is 0.352. The Balaban J connectivity index is -0.0000000267. The van der Waals surface area contributed by atoms with Crippen molar-refractivity contribution in [3.63, 3.8) is 0 Å². The first kappa shape index (κ1) is 29.3. The van der Waals surface area contributed by atoms with Gasteiger partial charge >= 0.3 is 0 Å². The zero-order valence-electron chi connectivity index (χ0n) is 7.67. The van der Waals surface area contributed by atoms with Gasteiger partial charge in [0.15, 0.2) is 0 Å². The molecule has 12 heteroatoms. The van der Waals surface area contributed by atoms with Crippen LogP contribution in [0.1, 0.15) is 0 Å². The highest BCUT2D eigenvalue weighted by atomic mass is 32.3. The molecule has 0 unspecified atom stereocenters. The minimum Gasteiger partial charge on any atom is -0.759 e. The molecule has 0 aromatic heterocycles. The van der Waals surface area contributed by atoms with Crippen LogP contribution in [0.4, 0.5) is 0 Å². The van der Waals surface area contributed by atoms with Gasteiger partial charge in [0, 0.05) is 16.7 Å². The maximum absolute atomic E-state index is 9.08. The summed E-state index contributed by atoms with van der Waals surface area (Å²) in [5.41, 5.74) is 0. The van der Waals surface area contributed by atoms with Crippen LogP contribution in [0, 0.1) is 0 Å². The lowest BCUT2D eigenvalue weighted by atomic mass is 12.0. The molecule has 0 amide bonds. The van der Waals surface area contributed by atoms with Crippen LogP contribution in [-0.4, -0.2) is 36.7 Å². The van der Waals surface area contributed by atoms with Crippen molar-refractivity contribution >= 4 is 20.5 Å². The van der Waals surface area contributed by atoms with Crippen LogP contribution in [-0.2, 0) is 20.5 Å². The fraction of sp³-hybridized carbons (Fsp3) is 1.00. The Morgan fingerprint density at radius 3 is 0.769 bits per heavy atom. The summed E-state index contributed by atoms with van der Waals surface area (Å²) in [5.74, 6) is 0. The molecule has 0 saturated carbocycles. The average Bonchev–Trinajstić information content (AvgIpc) is 1.12. The van der Waals surface area contributed by atoms with E-state index in [1.807, 2.05) is 0 Å². The Bertz CT molecular complexity index is 218. The molecule has 0 saturated heterocycles. The van der Waals surface area contributed by atoms with Gasteiger partial charge in [0.2, 0.25) is 0 Å². The van der Waals surface area contributed by atoms with E-state index in [-0.39, 0.29) is 18.5 Å². The zero-order valence-corrected chi connectivity index (χ0v) is 9.31. The Hall–Kier alpha value is -0.340. The van der Waals surface area contributed by atoms with E-state index in [9.17, 15) is 0 Å². The summed E-state index contributed by atoms with van der Waals surface area (Å²) in [6, 6.07) is 0. The molecule has 0 aromatic carbocycles. The maximum atomic E-state index is 9.08. The molecule has 12 N–H and O–H groups in total. The molecular weight excluding hydrogens is 230 g/mol. The predicted octanol–water partition coefficient (Wildman–Crippen LogP) is -1.05. The van der Waals surface area contributed by atoms with E-state index in [2.05, 4.69) is 0 Å². The third-order valence-electron chi connectivity index (χ3n) is 0. The minimum absolute atomic E-state index is 0. The number of quaternary nitrogens is 3. The van der Waals surface area contributed by atoms with Crippen LogP contribution < -0.4 is 18.5 Å². The van der Waals surface area contributed by atoms with Gasteiger partial charge in [-0.3, -0.25) is 8.42 Å². The van der Waals surface area contributed by atoms with E-state index in [4.69, 9.17) is 30.5 Å². The second-order valence-corrected chi connectivity index (χ2v) is 3.34. The van der Waals surface area contributed by atoms with Crippen LogP contribution >= 0.6 is 0 Å². The van der Waals surface area contributed by atoms with E-state index in [0.717, 1.165) is 0 Å². The molecule has 0 aliphatic rings. The maximum Gasteiger partial charge on any atom is 0.0916 e. The van der Waals surface area contributed by atoms with Crippen molar-refractivity contribution in [2.45, 2.75) is 0 Å². The van der Waals surface area contributed by atoms with Gasteiger partial charge in [-0.15, -0.1) is 0 Å². The largest absolute Gasteiger partial charge is 0.759 e. The van der Waals surface area contributed by atoms with Gasteiger partial charge in [0.25, 0.3) is 0 Å². The Morgan fingerprint density at radius 2 is 0.769 bits per heavy atom. The number of rotatable bonds is 0. The standard InChI is InChI=1S/CH4O3S.3H3N.H2O4S/c1-5(2,3)4;;;;1-5(2,3)4/h1H3,(H,2,3,4);3*1H3;(H2,1,2,3,4). The SMILES string of the molecule is CS(=O)(=O)[O-].O=S(=O)([O-])[O-].[NH4+].[NH4+].[NH4+]. The summed E-state index contributed by atoms with van der Waals surface area (Å²) in [6.45, 7) is 0. The van der Waals surface area contributed by atoms with Crippen molar-refractivity contribution in [2.75, 3.05) is 6.26 Å². The van der Waals surface area contributed by atoms with Gasteiger partial charge in [0.1, 0.15) is 0 Å². The molecule has 0 spiro atoms. The smallest absolute Gasteiger partial charge is 0.0916 e. The highest BCUT2D eigenvalue weighted by molar-refractivity contribution is 7.84. The van der Waals surface area contributed by atoms with Crippen molar-refractivity contribution in [3.8, 4) is 0 Å². The van der Waals surface area contributed by atoms with Crippen LogP contribution in [0.25, 0.3) is 0 Å². The number of hydrogen-bond donors (Lipinski definition) is 3. The van der Waals surface area contributed by atoms with Crippen LogP contribution in [0.3, 0.4) is 0 Å². The lowest BCUT2D eigenvalue weighted by Gasteiger charge is -2.06. The van der Waals surface area contributed by atoms with Gasteiger partial charge in [-0.05, 0) is 0 Å². The molecule has 0 rings (SSSR count). The van der Waals surface area contributed by atoms with Gasteiger partial charge in [0.05, 0.1) is 10.1 Å². The summed E-state index contributed by atoms with van der Waals surface area (Å²) >= 11 is 0. The summed E-state index contributed by atoms with van der Waals surface area (Å²) in [6.07, 6.45) is 0.604. The van der Waals surface area contributed by atoms with E-state index < -0.39 is 20.5 Å². The normalized spacial score (nSPS) is 8.92. The fourth-order valence-corrected chi connectivity index (χ4v) is 0. The van der Waals surface area contributed by atoms with Crippen molar-refractivity contribution in [2.24, 2.45) is 0 Å². The molecular formula is CH15N3O7S2. The van der Waals surface area contributed by atoms with Crippen LogP contribution in [0.15, 0.2) is 0 Å². The highest BCUT2D eigenvalue weighted by Crippen LogP contribution is 1.59. The third kappa shape index (κ3) is 9410. The molecule has 13 heavy (non-hydrogen) atoms. The van der Waals surface area contributed by atoms with Gasteiger partial charge in [-0.1, -0.05) is 0 Å².